The van der Waals surface area contributed by atoms with E-state index >= 15 is 0 Å². The van der Waals surface area contributed by atoms with Crippen molar-refractivity contribution in [2.24, 2.45) is 0 Å². The molecule has 0 unspecified atom stereocenters. The Morgan fingerprint density at radius 1 is 0.962 bits per heavy atom. The maximum absolute atomic E-state index is 13.4. The normalized spacial score (nSPS) is 16.2. The molecule has 0 radical (unpaired) electrons. The Labute approximate surface area is 165 Å². The number of phenols is 1. The van der Waals surface area contributed by atoms with Crippen molar-refractivity contribution in [3.63, 3.8) is 0 Å². The standard InChI is InChI=1S/C22H16FIO2/c1-13-19-12-18(25)10-11-20(19)26-22(15-4-8-17(24)9-5-15)21(13)14-2-6-16(23)7-3-14/h2-12,22,25H,1H3/t22-/m1/s1. The number of hydrogen-bond donors (Lipinski definition) is 1. The van der Waals surface area contributed by atoms with Gasteiger partial charge < -0.3 is 9.84 Å². The fourth-order valence-electron chi connectivity index (χ4n) is 3.31. The van der Waals surface area contributed by atoms with Gasteiger partial charge in [-0.1, -0.05) is 24.3 Å². The average Bonchev–Trinajstić information content (AvgIpc) is 2.64. The summed E-state index contributed by atoms with van der Waals surface area (Å²) in [5, 5.41) is 9.88. The molecule has 0 amide bonds. The van der Waals surface area contributed by atoms with Gasteiger partial charge in [0.1, 0.15) is 23.4 Å². The number of allylic oxidation sites excluding steroid dienone is 1. The van der Waals surface area contributed by atoms with Gasteiger partial charge in [-0.25, -0.2) is 4.39 Å². The molecule has 0 spiro atoms. The zero-order valence-electron chi connectivity index (χ0n) is 14.0. The number of fused-ring (bicyclic) bond motifs is 1. The van der Waals surface area contributed by atoms with Gasteiger partial charge >= 0.3 is 0 Å². The Kier molecular flexibility index (Phi) is 4.44. The Morgan fingerprint density at radius 3 is 2.35 bits per heavy atom. The van der Waals surface area contributed by atoms with Gasteiger partial charge in [-0.3, -0.25) is 0 Å². The molecule has 2 nitrogen and oxygen atoms in total. The molecule has 0 fully saturated rings. The van der Waals surface area contributed by atoms with Crippen LogP contribution in [0.25, 0.3) is 11.1 Å². The second-order valence-electron chi connectivity index (χ2n) is 6.28. The Hall–Kier alpha value is -2.34. The second-order valence-corrected chi connectivity index (χ2v) is 7.52. The summed E-state index contributed by atoms with van der Waals surface area (Å²) in [6.07, 6.45) is -0.297. The van der Waals surface area contributed by atoms with Gasteiger partial charge in [0.15, 0.2) is 0 Å². The van der Waals surface area contributed by atoms with E-state index in [2.05, 4.69) is 34.7 Å². The number of aromatic hydroxyl groups is 1. The zero-order valence-corrected chi connectivity index (χ0v) is 16.2. The predicted molar refractivity (Wildman–Crippen MR) is 110 cm³/mol. The summed E-state index contributed by atoms with van der Waals surface area (Å²) >= 11 is 2.27. The van der Waals surface area contributed by atoms with E-state index in [0.29, 0.717) is 0 Å². The van der Waals surface area contributed by atoms with E-state index in [9.17, 15) is 9.50 Å². The molecule has 26 heavy (non-hydrogen) atoms. The molecular formula is C22H16FIO2. The van der Waals surface area contributed by atoms with E-state index < -0.39 is 0 Å². The lowest BCUT2D eigenvalue weighted by Crippen LogP contribution is -2.16. The van der Waals surface area contributed by atoms with Crippen LogP contribution >= 0.6 is 22.6 Å². The van der Waals surface area contributed by atoms with Gasteiger partial charge in [0.05, 0.1) is 0 Å². The summed E-state index contributed by atoms with van der Waals surface area (Å²) in [4.78, 5) is 0. The van der Waals surface area contributed by atoms with E-state index in [1.807, 2.05) is 19.1 Å². The molecule has 130 valence electrons. The maximum Gasteiger partial charge on any atom is 0.150 e. The van der Waals surface area contributed by atoms with Crippen LogP contribution in [0.5, 0.6) is 11.5 Å². The molecular weight excluding hydrogens is 442 g/mol. The summed E-state index contributed by atoms with van der Waals surface area (Å²) in [5.74, 6) is 0.653. The first kappa shape index (κ1) is 17.1. The van der Waals surface area contributed by atoms with Gasteiger partial charge in [0, 0.05) is 14.7 Å². The Morgan fingerprint density at radius 2 is 1.65 bits per heavy atom. The summed E-state index contributed by atoms with van der Waals surface area (Å²) in [7, 11) is 0. The predicted octanol–water partition coefficient (Wildman–Crippen LogP) is 6.20. The summed E-state index contributed by atoms with van der Waals surface area (Å²) in [6, 6.07) is 19.8. The topological polar surface area (TPSA) is 29.5 Å². The van der Waals surface area contributed by atoms with Crippen LogP contribution in [0.1, 0.15) is 29.7 Å². The second kappa shape index (κ2) is 6.76. The minimum atomic E-state index is -0.297. The SMILES string of the molecule is CC1=C(c2ccc(F)cc2)[C@@H](c2ccc(I)cc2)Oc2ccc(O)cc21. The third-order valence-corrected chi connectivity index (χ3v) is 5.33. The maximum atomic E-state index is 13.4. The van der Waals surface area contributed by atoms with Gasteiger partial charge in [0.25, 0.3) is 0 Å². The molecule has 1 aliphatic rings. The van der Waals surface area contributed by atoms with Crippen LogP contribution in [-0.2, 0) is 0 Å². The number of rotatable bonds is 2. The van der Waals surface area contributed by atoms with E-state index in [1.54, 1.807) is 30.3 Å². The van der Waals surface area contributed by atoms with Crippen molar-refractivity contribution in [3.05, 3.63) is 92.8 Å². The molecule has 0 saturated carbocycles. The van der Waals surface area contributed by atoms with Crippen LogP contribution in [0, 0.1) is 9.39 Å². The number of halogens is 2. The van der Waals surface area contributed by atoms with Gasteiger partial charge in [0.2, 0.25) is 0 Å². The molecule has 4 rings (SSSR count). The van der Waals surface area contributed by atoms with Gasteiger partial charge in [-0.05, 0) is 88.7 Å². The first-order chi connectivity index (χ1) is 12.5. The molecule has 3 aromatic rings. The molecule has 4 heteroatoms. The molecule has 1 atom stereocenters. The van der Waals surface area contributed by atoms with Crippen molar-refractivity contribution in [3.8, 4) is 11.5 Å². The lowest BCUT2D eigenvalue weighted by atomic mass is 9.86. The first-order valence-corrected chi connectivity index (χ1v) is 9.33. The Bertz CT molecular complexity index is 992. The number of hydrogen-bond acceptors (Lipinski definition) is 2. The highest BCUT2D eigenvalue weighted by atomic mass is 127. The minimum absolute atomic E-state index is 0.192. The minimum Gasteiger partial charge on any atom is -0.508 e. The largest absolute Gasteiger partial charge is 0.508 e. The molecule has 0 aliphatic carbocycles. The number of benzene rings is 3. The van der Waals surface area contributed by atoms with E-state index in [1.165, 1.54) is 12.1 Å². The van der Waals surface area contributed by atoms with Crippen molar-refractivity contribution in [1.29, 1.82) is 0 Å². The average molecular weight is 458 g/mol. The third kappa shape index (κ3) is 3.09. The van der Waals surface area contributed by atoms with Gasteiger partial charge in [-0.15, -0.1) is 0 Å². The summed E-state index contributed by atoms with van der Waals surface area (Å²) in [5.41, 5.74) is 4.77. The van der Waals surface area contributed by atoms with Crippen LogP contribution in [-0.4, -0.2) is 5.11 Å². The summed E-state index contributed by atoms with van der Waals surface area (Å²) < 4.78 is 20.9. The fraction of sp³-hybridized carbons (Fsp3) is 0.0909. The highest BCUT2D eigenvalue weighted by Crippen LogP contribution is 2.47. The third-order valence-electron chi connectivity index (χ3n) is 4.61. The first-order valence-electron chi connectivity index (χ1n) is 8.25. The van der Waals surface area contributed by atoms with Crippen LogP contribution < -0.4 is 4.74 Å². The van der Waals surface area contributed by atoms with Crippen LogP contribution in [0.3, 0.4) is 0 Å². The van der Waals surface area contributed by atoms with Gasteiger partial charge in [-0.2, -0.15) is 0 Å². The van der Waals surface area contributed by atoms with Crippen LogP contribution in [0.15, 0.2) is 66.7 Å². The van der Waals surface area contributed by atoms with Crippen molar-refractivity contribution >= 4 is 33.7 Å². The quantitative estimate of drug-likeness (QED) is 0.464. The number of phenolic OH excluding ortho intramolecular Hbond substituents is 1. The van der Waals surface area contributed by atoms with Crippen LogP contribution in [0.4, 0.5) is 4.39 Å². The van der Waals surface area contributed by atoms with Crippen molar-refractivity contribution in [2.75, 3.05) is 0 Å². The van der Waals surface area contributed by atoms with Crippen molar-refractivity contribution in [1.82, 2.24) is 0 Å². The van der Waals surface area contributed by atoms with E-state index in [0.717, 1.165) is 37.2 Å². The zero-order chi connectivity index (χ0) is 18.3. The van der Waals surface area contributed by atoms with E-state index in [-0.39, 0.29) is 17.7 Å². The molecule has 1 aliphatic heterocycles. The highest BCUT2D eigenvalue weighted by Gasteiger charge is 2.29. The number of ether oxygens (including phenoxy) is 1. The molecule has 1 N–H and O–H groups in total. The highest BCUT2D eigenvalue weighted by molar-refractivity contribution is 14.1. The molecule has 0 bridgehead atoms. The Balaban J connectivity index is 1.93. The molecule has 1 heterocycles. The summed E-state index contributed by atoms with van der Waals surface area (Å²) in [6.45, 7) is 2.01. The van der Waals surface area contributed by atoms with E-state index in [4.69, 9.17) is 4.74 Å². The molecule has 3 aromatic carbocycles. The lowest BCUT2D eigenvalue weighted by molar-refractivity contribution is 0.259. The van der Waals surface area contributed by atoms with Crippen molar-refractivity contribution < 1.29 is 14.2 Å². The fourth-order valence-corrected chi connectivity index (χ4v) is 3.67. The smallest absolute Gasteiger partial charge is 0.150 e. The monoisotopic (exact) mass is 458 g/mol. The lowest BCUT2D eigenvalue weighted by Gasteiger charge is -2.31. The van der Waals surface area contributed by atoms with Crippen LogP contribution in [0.2, 0.25) is 0 Å². The molecule has 0 aromatic heterocycles. The molecule has 0 saturated heterocycles. The van der Waals surface area contributed by atoms with Crippen molar-refractivity contribution in [2.45, 2.75) is 13.0 Å².